The van der Waals surface area contributed by atoms with Crippen LogP contribution < -0.4 is 5.32 Å². The zero-order valence-electron chi connectivity index (χ0n) is 9.63. The zero-order chi connectivity index (χ0) is 9.97. The van der Waals surface area contributed by atoms with Crippen LogP contribution in [0.1, 0.15) is 38.5 Å². The second kappa shape index (κ2) is 4.63. The molecule has 0 amide bonds. The second-order valence-corrected chi connectivity index (χ2v) is 5.13. The van der Waals surface area contributed by atoms with Crippen molar-refractivity contribution in [1.29, 1.82) is 0 Å². The lowest BCUT2D eigenvalue weighted by Crippen LogP contribution is -2.46. The molecular weight excluding hydrogens is 172 g/mol. The van der Waals surface area contributed by atoms with Crippen LogP contribution >= 0.6 is 0 Å². The molecule has 82 valence electrons. The van der Waals surface area contributed by atoms with E-state index in [0.717, 1.165) is 18.0 Å². The minimum Gasteiger partial charge on any atom is -0.315 e. The number of likely N-dealkylation sites (N-methyl/N-ethyl adjacent to an activating group) is 2. The Hall–Kier alpha value is -0.0800. The average molecular weight is 196 g/mol. The summed E-state index contributed by atoms with van der Waals surface area (Å²) in [7, 11) is 4.43. The monoisotopic (exact) mass is 196 g/mol. The third-order valence-electron chi connectivity index (χ3n) is 4.19. The molecule has 0 radical (unpaired) electrons. The summed E-state index contributed by atoms with van der Waals surface area (Å²) in [4.78, 5) is 2.61. The standard InChI is InChI=1S/C12H24N2/c1-13-11-7-4-8-12(11)14(2)9-10-5-3-6-10/h10-13H,3-9H2,1-2H3. The Morgan fingerprint density at radius 1 is 1.14 bits per heavy atom. The van der Waals surface area contributed by atoms with Gasteiger partial charge in [-0.2, -0.15) is 0 Å². The van der Waals surface area contributed by atoms with Crippen LogP contribution in [-0.2, 0) is 0 Å². The fourth-order valence-electron chi connectivity index (χ4n) is 3.02. The summed E-state index contributed by atoms with van der Waals surface area (Å²) in [5.41, 5.74) is 0. The maximum atomic E-state index is 3.46. The molecule has 0 bridgehead atoms. The largest absolute Gasteiger partial charge is 0.315 e. The van der Waals surface area contributed by atoms with Gasteiger partial charge < -0.3 is 10.2 Å². The molecule has 0 aromatic rings. The summed E-state index contributed by atoms with van der Waals surface area (Å²) in [6.07, 6.45) is 8.59. The van der Waals surface area contributed by atoms with Crippen LogP contribution in [0.4, 0.5) is 0 Å². The van der Waals surface area contributed by atoms with Crippen LogP contribution in [0.25, 0.3) is 0 Å². The van der Waals surface area contributed by atoms with Gasteiger partial charge in [0.05, 0.1) is 0 Å². The maximum Gasteiger partial charge on any atom is 0.0246 e. The van der Waals surface area contributed by atoms with Gasteiger partial charge in [-0.1, -0.05) is 12.8 Å². The van der Waals surface area contributed by atoms with Crippen molar-refractivity contribution >= 4 is 0 Å². The quantitative estimate of drug-likeness (QED) is 0.738. The van der Waals surface area contributed by atoms with E-state index in [1.165, 1.54) is 45.1 Å². The van der Waals surface area contributed by atoms with Crippen LogP contribution in [0.2, 0.25) is 0 Å². The van der Waals surface area contributed by atoms with E-state index in [-0.39, 0.29) is 0 Å². The highest BCUT2D eigenvalue weighted by atomic mass is 15.2. The number of nitrogens with zero attached hydrogens (tertiary/aromatic N) is 1. The van der Waals surface area contributed by atoms with Crippen LogP contribution in [-0.4, -0.2) is 37.6 Å². The topological polar surface area (TPSA) is 15.3 Å². The van der Waals surface area contributed by atoms with E-state index in [1.54, 1.807) is 0 Å². The first-order valence-corrected chi connectivity index (χ1v) is 6.18. The summed E-state index contributed by atoms with van der Waals surface area (Å²) in [5.74, 6) is 1.01. The molecule has 1 N–H and O–H groups in total. The molecule has 2 nitrogen and oxygen atoms in total. The van der Waals surface area contributed by atoms with Crippen LogP contribution in [0, 0.1) is 5.92 Å². The molecule has 0 aliphatic heterocycles. The predicted molar refractivity (Wildman–Crippen MR) is 60.5 cm³/mol. The van der Waals surface area contributed by atoms with Gasteiger partial charge in [0.15, 0.2) is 0 Å². The minimum atomic E-state index is 0.750. The van der Waals surface area contributed by atoms with E-state index in [9.17, 15) is 0 Å². The first-order chi connectivity index (χ1) is 6.81. The SMILES string of the molecule is CNC1CCCC1N(C)CC1CCC1. The molecule has 2 rings (SSSR count). The Balaban J connectivity index is 1.79. The highest BCUT2D eigenvalue weighted by Gasteiger charge is 2.31. The zero-order valence-corrected chi connectivity index (χ0v) is 9.63. The summed E-state index contributed by atoms with van der Waals surface area (Å²) < 4.78 is 0. The van der Waals surface area contributed by atoms with Gasteiger partial charge in [0, 0.05) is 18.6 Å². The Kier molecular flexibility index (Phi) is 3.45. The van der Waals surface area contributed by atoms with Crippen molar-refractivity contribution in [2.24, 2.45) is 5.92 Å². The number of rotatable bonds is 4. The van der Waals surface area contributed by atoms with Crippen molar-refractivity contribution in [1.82, 2.24) is 10.2 Å². The van der Waals surface area contributed by atoms with Gasteiger partial charge in [0.1, 0.15) is 0 Å². The number of hydrogen-bond acceptors (Lipinski definition) is 2. The van der Waals surface area contributed by atoms with E-state index in [2.05, 4.69) is 24.3 Å². The Bertz CT molecular complexity index is 177. The molecule has 2 aliphatic rings. The molecule has 2 aliphatic carbocycles. The lowest BCUT2D eigenvalue weighted by molar-refractivity contribution is 0.149. The summed E-state index contributed by atoms with van der Waals surface area (Å²) in [6, 6.07) is 1.56. The van der Waals surface area contributed by atoms with E-state index in [1.807, 2.05) is 0 Å². The normalized spacial score (nSPS) is 33.6. The molecule has 2 unspecified atom stereocenters. The average Bonchev–Trinajstić information content (AvgIpc) is 2.58. The minimum absolute atomic E-state index is 0.750. The van der Waals surface area contributed by atoms with Crippen LogP contribution in [0.3, 0.4) is 0 Å². The molecule has 0 saturated heterocycles. The van der Waals surface area contributed by atoms with Gasteiger partial charge in [-0.25, -0.2) is 0 Å². The molecule has 2 heteroatoms. The van der Waals surface area contributed by atoms with Gasteiger partial charge in [-0.05, 0) is 45.7 Å². The van der Waals surface area contributed by atoms with E-state index < -0.39 is 0 Å². The highest BCUT2D eigenvalue weighted by molar-refractivity contribution is 4.89. The van der Waals surface area contributed by atoms with Crippen LogP contribution in [0.5, 0.6) is 0 Å². The summed E-state index contributed by atoms with van der Waals surface area (Å²) in [5, 5.41) is 3.46. The van der Waals surface area contributed by atoms with Gasteiger partial charge in [-0.15, -0.1) is 0 Å². The fourth-order valence-corrected chi connectivity index (χ4v) is 3.02. The van der Waals surface area contributed by atoms with Crippen LogP contribution in [0.15, 0.2) is 0 Å². The van der Waals surface area contributed by atoms with Crippen molar-refractivity contribution < 1.29 is 0 Å². The Labute approximate surface area is 88.1 Å². The summed E-state index contributed by atoms with van der Waals surface area (Å²) in [6.45, 7) is 1.34. The second-order valence-electron chi connectivity index (χ2n) is 5.13. The molecule has 0 aromatic carbocycles. The van der Waals surface area contributed by atoms with Crippen molar-refractivity contribution in [2.75, 3.05) is 20.6 Å². The highest BCUT2D eigenvalue weighted by Crippen LogP contribution is 2.30. The lowest BCUT2D eigenvalue weighted by Gasteiger charge is -2.35. The van der Waals surface area contributed by atoms with E-state index in [4.69, 9.17) is 0 Å². The third-order valence-corrected chi connectivity index (χ3v) is 4.19. The molecule has 14 heavy (non-hydrogen) atoms. The first kappa shape index (κ1) is 10.4. The maximum absolute atomic E-state index is 3.46. The Morgan fingerprint density at radius 2 is 1.86 bits per heavy atom. The molecule has 0 heterocycles. The molecule has 2 atom stereocenters. The van der Waals surface area contributed by atoms with Gasteiger partial charge in [0.2, 0.25) is 0 Å². The smallest absolute Gasteiger partial charge is 0.0246 e. The fraction of sp³-hybridized carbons (Fsp3) is 1.00. The van der Waals surface area contributed by atoms with Crippen molar-refractivity contribution in [2.45, 2.75) is 50.6 Å². The summed E-state index contributed by atoms with van der Waals surface area (Å²) >= 11 is 0. The molecule has 2 saturated carbocycles. The van der Waals surface area contributed by atoms with Crippen molar-refractivity contribution in [3.63, 3.8) is 0 Å². The van der Waals surface area contributed by atoms with Gasteiger partial charge in [-0.3, -0.25) is 0 Å². The third kappa shape index (κ3) is 2.12. The van der Waals surface area contributed by atoms with Crippen molar-refractivity contribution in [3.05, 3.63) is 0 Å². The number of hydrogen-bond donors (Lipinski definition) is 1. The molecule has 0 aromatic heterocycles. The van der Waals surface area contributed by atoms with Gasteiger partial charge >= 0.3 is 0 Å². The van der Waals surface area contributed by atoms with E-state index in [0.29, 0.717) is 0 Å². The lowest BCUT2D eigenvalue weighted by atomic mass is 9.85. The van der Waals surface area contributed by atoms with Crippen molar-refractivity contribution in [3.8, 4) is 0 Å². The molecular formula is C12H24N2. The molecule has 0 spiro atoms. The van der Waals surface area contributed by atoms with Gasteiger partial charge in [0.25, 0.3) is 0 Å². The number of nitrogens with one attached hydrogen (secondary N) is 1. The molecule has 2 fully saturated rings. The predicted octanol–water partition coefficient (Wildman–Crippen LogP) is 1.86. The Morgan fingerprint density at radius 3 is 2.43 bits per heavy atom. The van der Waals surface area contributed by atoms with E-state index >= 15 is 0 Å². The first-order valence-electron chi connectivity index (χ1n) is 6.18.